The van der Waals surface area contributed by atoms with Crippen LogP contribution in [0.3, 0.4) is 0 Å². The summed E-state index contributed by atoms with van der Waals surface area (Å²) >= 11 is 0. The van der Waals surface area contributed by atoms with Crippen LogP contribution in [0.5, 0.6) is 0 Å². The number of hydrogen-bond acceptors (Lipinski definition) is 3. The van der Waals surface area contributed by atoms with E-state index in [4.69, 9.17) is 5.84 Å². The first-order chi connectivity index (χ1) is 7.11. The fraction of sp³-hybridized carbons (Fsp3) is 0.900. The van der Waals surface area contributed by atoms with Crippen molar-refractivity contribution in [1.29, 1.82) is 0 Å². The average Bonchev–Trinajstić information content (AvgIpc) is 2.23. The van der Waals surface area contributed by atoms with Crippen LogP contribution in [0.1, 0.15) is 26.7 Å². The van der Waals surface area contributed by atoms with Gasteiger partial charge in [-0.05, 0) is 40.3 Å². The molecule has 0 radical (unpaired) electrons. The van der Waals surface area contributed by atoms with E-state index >= 15 is 0 Å². The van der Waals surface area contributed by atoms with Crippen LogP contribution in [0.15, 0.2) is 4.99 Å². The molecular formula is C10H25N5. The normalized spacial score (nSPS) is 12.3. The fourth-order valence-corrected chi connectivity index (χ4v) is 1.15. The van der Waals surface area contributed by atoms with Gasteiger partial charge in [-0.1, -0.05) is 0 Å². The molecule has 0 aromatic rings. The summed E-state index contributed by atoms with van der Waals surface area (Å²) in [5.74, 6) is 5.88. The van der Waals surface area contributed by atoms with Crippen molar-refractivity contribution in [3.05, 3.63) is 0 Å². The molecule has 0 aromatic carbocycles. The van der Waals surface area contributed by atoms with Crippen molar-refractivity contribution in [2.75, 3.05) is 27.2 Å². The third-order valence-electron chi connectivity index (χ3n) is 2.47. The van der Waals surface area contributed by atoms with Crippen molar-refractivity contribution in [3.63, 3.8) is 0 Å². The van der Waals surface area contributed by atoms with Crippen LogP contribution in [0, 0.1) is 0 Å². The molecule has 4 N–H and O–H groups in total. The second kappa shape index (κ2) is 8.49. The minimum absolute atomic E-state index is 0.622. The van der Waals surface area contributed by atoms with E-state index in [1.54, 1.807) is 7.05 Å². The molecule has 0 unspecified atom stereocenters. The van der Waals surface area contributed by atoms with E-state index in [-0.39, 0.29) is 0 Å². The lowest BCUT2D eigenvalue weighted by molar-refractivity contribution is 0.268. The highest BCUT2D eigenvalue weighted by molar-refractivity contribution is 5.78. The molecule has 0 rings (SSSR count). The SMILES string of the molecule is CN=C(NN)NCCCCN(C)C(C)C. The highest BCUT2D eigenvalue weighted by atomic mass is 15.3. The Hall–Kier alpha value is -0.810. The molecule has 0 atom stereocenters. The number of unbranched alkanes of at least 4 members (excludes halogenated alkanes) is 1. The van der Waals surface area contributed by atoms with Crippen molar-refractivity contribution in [2.45, 2.75) is 32.7 Å². The summed E-state index contributed by atoms with van der Waals surface area (Å²) < 4.78 is 0. The molecule has 90 valence electrons. The van der Waals surface area contributed by atoms with E-state index in [0.717, 1.165) is 19.5 Å². The largest absolute Gasteiger partial charge is 0.355 e. The molecule has 5 nitrogen and oxygen atoms in total. The number of nitrogens with two attached hydrogens (primary N) is 1. The monoisotopic (exact) mass is 215 g/mol. The Labute approximate surface area is 93.1 Å². The Balaban J connectivity index is 3.40. The van der Waals surface area contributed by atoms with Gasteiger partial charge in [-0.25, -0.2) is 5.84 Å². The molecule has 15 heavy (non-hydrogen) atoms. The lowest BCUT2D eigenvalue weighted by atomic mass is 10.2. The van der Waals surface area contributed by atoms with E-state index in [0.29, 0.717) is 12.0 Å². The minimum Gasteiger partial charge on any atom is -0.355 e. The molecular weight excluding hydrogens is 190 g/mol. The van der Waals surface area contributed by atoms with Crippen LogP contribution in [-0.4, -0.2) is 44.1 Å². The third-order valence-corrected chi connectivity index (χ3v) is 2.47. The summed E-state index contributed by atoms with van der Waals surface area (Å²) in [6.07, 6.45) is 2.31. The Morgan fingerprint density at radius 2 is 2.07 bits per heavy atom. The van der Waals surface area contributed by atoms with Crippen LogP contribution >= 0.6 is 0 Å². The number of hydrazine groups is 1. The minimum atomic E-state index is 0.622. The smallest absolute Gasteiger partial charge is 0.205 e. The van der Waals surface area contributed by atoms with Gasteiger partial charge in [0.15, 0.2) is 0 Å². The Kier molecular flexibility index (Phi) is 8.04. The number of nitrogens with one attached hydrogen (secondary N) is 2. The summed E-state index contributed by atoms with van der Waals surface area (Å²) in [5, 5.41) is 3.12. The number of nitrogens with zero attached hydrogens (tertiary/aromatic N) is 2. The maximum atomic E-state index is 5.23. The van der Waals surface area contributed by atoms with E-state index < -0.39 is 0 Å². The fourth-order valence-electron chi connectivity index (χ4n) is 1.15. The first-order valence-corrected chi connectivity index (χ1v) is 5.49. The Bertz CT molecular complexity index is 179. The number of hydrogen-bond donors (Lipinski definition) is 3. The molecule has 0 amide bonds. The maximum absolute atomic E-state index is 5.23. The number of rotatable bonds is 6. The third kappa shape index (κ3) is 7.16. The highest BCUT2D eigenvalue weighted by Gasteiger charge is 2.01. The summed E-state index contributed by atoms with van der Waals surface area (Å²) in [4.78, 5) is 6.27. The molecule has 0 aliphatic carbocycles. The lowest BCUT2D eigenvalue weighted by Crippen LogP contribution is -2.41. The predicted octanol–water partition coefficient (Wildman–Crippen LogP) is 0.146. The topological polar surface area (TPSA) is 65.7 Å². The van der Waals surface area contributed by atoms with Crippen LogP contribution in [0.2, 0.25) is 0 Å². The molecule has 0 aromatic heterocycles. The van der Waals surface area contributed by atoms with Crippen molar-refractivity contribution in [2.24, 2.45) is 10.8 Å². The van der Waals surface area contributed by atoms with Crippen molar-refractivity contribution in [1.82, 2.24) is 15.6 Å². The van der Waals surface area contributed by atoms with Gasteiger partial charge < -0.3 is 10.2 Å². The van der Waals surface area contributed by atoms with Gasteiger partial charge in [0.1, 0.15) is 0 Å². The Morgan fingerprint density at radius 3 is 2.53 bits per heavy atom. The predicted molar refractivity (Wildman–Crippen MR) is 65.7 cm³/mol. The van der Waals surface area contributed by atoms with Crippen LogP contribution < -0.4 is 16.6 Å². The van der Waals surface area contributed by atoms with Crippen LogP contribution in [-0.2, 0) is 0 Å². The van der Waals surface area contributed by atoms with Crippen LogP contribution in [0.4, 0.5) is 0 Å². The molecule has 0 heterocycles. The summed E-state index contributed by atoms with van der Waals surface area (Å²) in [7, 11) is 3.85. The second-order valence-electron chi connectivity index (χ2n) is 3.92. The number of aliphatic imine (C=N–C) groups is 1. The molecule has 5 heteroatoms. The zero-order chi connectivity index (χ0) is 11.7. The van der Waals surface area contributed by atoms with E-state index in [9.17, 15) is 0 Å². The van der Waals surface area contributed by atoms with Crippen molar-refractivity contribution >= 4 is 5.96 Å². The zero-order valence-electron chi connectivity index (χ0n) is 10.4. The average molecular weight is 215 g/mol. The molecule has 0 aliphatic heterocycles. The van der Waals surface area contributed by atoms with Gasteiger partial charge in [0, 0.05) is 19.6 Å². The van der Waals surface area contributed by atoms with E-state index in [1.807, 2.05) is 0 Å². The summed E-state index contributed by atoms with van der Waals surface area (Å²) in [6, 6.07) is 0.622. The lowest BCUT2D eigenvalue weighted by Gasteiger charge is -2.20. The van der Waals surface area contributed by atoms with Gasteiger partial charge in [0.25, 0.3) is 0 Å². The standard InChI is InChI=1S/C10H25N5/c1-9(2)15(4)8-6-5-7-13-10(12-3)14-11/h9H,5-8,11H2,1-4H3,(H2,12,13,14). The van der Waals surface area contributed by atoms with Gasteiger partial charge in [0.05, 0.1) is 0 Å². The van der Waals surface area contributed by atoms with Gasteiger partial charge in [-0.2, -0.15) is 0 Å². The second-order valence-corrected chi connectivity index (χ2v) is 3.92. The van der Waals surface area contributed by atoms with Gasteiger partial charge in [0.2, 0.25) is 5.96 Å². The maximum Gasteiger partial charge on any atom is 0.205 e. The van der Waals surface area contributed by atoms with Gasteiger partial charge in [-0.3, -0.25) is 10.4 Å². The van der Waals surface area contributed by atoms with Crippen molar-refractivity contribution in [3.8, 4) is 0 Å². The first kappa shape index (κ1) is 14.2. The molecule has 0 spiro atoms. The van der Waals surface area contributed by atoms with Crippen molar-refractivity contribution < 1.29 is 0 Å². The molecule has 0 bridgehead atoms. The number of guanidine groups is 1. The van der Waals surface area contributed by atoms with E-state index in [1.165, 1.54) is 6.42 Å². The van der Waals surface area contributed by atoms with Gasteiger partial charge >= 0.3 is 0 Å². The molecule has 0 saturated heterocycles. The highest BCUT2D eigenvalue weighted by Crippen LogP contribution is 1.96. The first-order valence-electron chi connectivity index (χ1n) is 5.49. The molecule has 0 fully saturated rings. The zero-order valence-corrected chi connectivity index (χ0v) is 10.4. The summed E-state index contributed by atoms with van der Waals surface area (Å²) in [5.41, 5.74) is 2.50. The van der Waals surface area contributed by atoms with Crippen LogP contribution in [0.25, 0.3) is 0 Å². The molecule has 0 saturated carbocycles. The Morgan fingerprint density at radius 1 is 1.40 bits per heavy atom. The van der Waals surface area contributed by atoms with E-state index in [2.05, 4.69) is 41.5 Å². The molecule has 0 aliphatic rings. The quantitative estimate of drug-likeness (QED) is 0.194. The van der Waals surface area contributed by atoms with Gasteiger partial charge in [-0.15, -0.1) is 0 Å². The summed E-state index contributed by atoms with van der Waals surface area (Å²) in [6.45, 7) is 6.45.